The number of carbonyl (C=O) groups is 1. The van der Waals surface area contributed by atoms with E-state index in [0.29, 0.717) is 25.6 Å². The number of ether oxygens (including phenoxy) is 1. The highest BCUT2D eigenvalue weighted by molar-refractivity contribution is 5.68. The number of piperazine rings is 1. The third-order valence-corrected chi connectivity index (χ3v) is 3.61. The molecule has 8 nitrogen and oxygen atoms in total. The van der Waals surface area contributed by atoms with Gasteiger partial charge in [0.25, 0.3) is 0 Å². The van der Waals surface area contributed by atoms with Gasteiger partial charge in [0.1, 0.15) is 5.82 Å². The molecule has 1 aromatic heterocycles. The van der Waals surface area contributed by atoms with Crippen molar-refractivity contribution >= 4 is 17.9 Å². The van der Waals surface area contributed by atoms with Crippen LogP contribution in [0.2, 0.25) is 0 Å². The van der Waals surface area contributed by atoms with E-state index in [4.69, 9.17) is 4.74 Å². The van der Waals surface area contributed by atoms with Crippen LogP contribution in [0, 0.1) is 0 Å². The summed E-state index contributed by atoms with van der Waals surface area (Å²) in [6.45, 7) is 6.73. The normalized spacial score (nSPS) is 15.0. The first-order valence-electron chi connectivity index (χ1n) is 7.98. The number of nitrogens with one attached hydrogen (secondary N) is 1. The van der Waals surface area contributed by atoms with Gasteiger partial charge in [-0.25, -0.2) is 9.78 Å². The molecule has 0 aromatic carbocycles. The minimum absolute atomic E-state index is 0.235. The van der Waals surface area contributed by atoms with Gasteiger partial charge in [-0.3, -0.25) is 0 Å². The van der Waals surface area contributed by atoms with Gasteiger partial charge < -0.3 is 24.8 Å². The van der Waals surface area contributed by atoms with Crippen molar-refractivity contribution in [3.63, 3.8) is 0 Å². The summed E-state index contributed by atoms with van der Waals surface area (Å²) in [5.74, 6) is 1.52. The maximum absolute atomic E-state index is 11.7. The molecule has 0 aliphatic carbocycles. The van der Waals surface area contributed by atoms with Crippen LogP contribution in [0.15, 0.2) is 12.3 Å². The van der Waals surface area contributed by atoms with Crippen LogP contribution in [0.4, 0.5) is 16.6 Å². The van der Waals surface area contributed by atoms with E-state index in [-0.39, 0.29) is 6.09 Å². The SMILES string of the molecule is CCOC(=O)N1CCN(c2ccnc(NCCN(C)C)n2)CC1. The van der Waals surface area contributed by atoms with Gasteiger partial charge in [0.05, 0.1) is 6.61 Å². The number of likely N-dealkylation sites (N-methyl/N-ethyl adjacent to an activating group) is 1. The molecule has 23 heavy (non-hydrogen) atoms. The molecular weight excluding hydrogens is 296 g/mol. The first-order valence-corrected chi connectivity index (χ1v) is 7.98. The van der Waals surface area contributed by atoms with Gasteiger partial charge in [0, 0.05) is 45.5 Å². The molecule has 1 aliphatic heterocycles. The summed E-state index contributed by atoms with van der Waals surface area (Å²) in [7, 11) is 4.06. The standard InChI is InChI=1S/C15H26N6O2/c1-4-23-15(22)21-11-9-20(10-12-21)13-5-6-16-14(18-13)17-7-8-19(2)3/h5-6H,4,7-12H2,1-3H3,(H,16,17,18). The fourth-order valence-electron chi connectivity index (χ4n) is 2.33. The highest BCUT2D eigenvalue weighted by Crippen LogP contribution is 2.15. The van der Waals surface area contributed by atoms with Crippen LogP contribution < -0.4 is 10.2 Å². The molecule has 1 fully saturated rings. The summed E-state index contributed by atoms with van der Waals surface area (Å²) in [6, 6.07) is 1.90. The van der Waals surface area contributed by atoms with Gasteiger partial charge in [0.15, 0.2) is 0 Å². The maximum Gasteiger partial charge on any atom is 0.409 e. The molecule has 0 radical (unpaired) electrons. The first kappa shape index (κ1) is 17.3. The van der Waals surface area contributed by atoms with Crippen molar-refractivity contribution in [1.29, 1.82) is 0 Å². The van der Waals surface area contributed by atoms with Crippen molar-refractivity contribution in [1.82, 2.24) is 19.8 Å². The van der Waals surface area contributed by atoms with Crippen molar-refractivity contribution < 1.29 is 9.53 Å². The summed E-state index contributed by atoms with van der Waals surface area (Å²) in [5.41, 5.74) is 0. The Labute approximate surface area is 137 Å². The molecule has 2 heterocycles. The van der Waals surface area contributed by atoms with E-state index in [2.05, 4.69) is 25.1 Å². The number of aromatic nitrogens is 2. The van der Waals surface area contributed by atoms with Gasteiger partial charge in [-0.2, -0.15) is 4.98 Å². The molecule has 1 N–H and O–H groups in total. The molecule has 1 saturated heterocycles. The zero-order chi connectivity index (χ0) is 16.7. The lowest BCUT2D eigenvalue weighted by atomic mass is 10.3. The van der Waals surface area contributed by atoms with Gasteiger partial charge in [0.2, 0.25) is 5.95 Å². The number of carbonyl (C=O) groups excluding carboxylic acids is 1. The van der Waals surface area contributed by atoms with Crippen molar-refractivity contribution in [2.75, 3.05) is 70.2 Å². The van der Waals surface area contributed by atoms with Crippen LogP contribution in [0.3, 0.4) is 0 Å². The van der Waals surface area contributed by atoms with Gasteiger partial charge in [-0.15, -0.1) is 0 Å². The molecule has 0 spiro atoms. The van der Waals surface area contributed by atoms with E-state index in [1.165, 1.54) is 0 Å². The Balaban J connectivity index is 1.87. The zero-order valence-electron chi connectivity index (χ0n) is 14.2. The van der Waals surface area contributed by atoms with Crippen LogP contribution in [-0.4, -0.2) is 85.8 Å². The molecule has 1 amide bonds. The Hall–Kier alpha value is -2.09. The van der Waals surface area contributed by atoms with Crippen LogP contribution in [-0.2, 0) is 4.74 Å². The molecule has 0 atom stereocenters. The molecule has 1 aliphatic rings. The van der Waals surface area contributed by atoms with Crippen LogP contribution in [0.25, 0.3) is 0 Å². The minimum atomic E-state index is -0.235. The maximum atomic E-state index is 11.7. The summed E-state index contributed by atoms with van der Waals surface area (Å²) >= 11 is 0. The number of anilines is 2. The van der Waals surface area contributed by atoms with Crippen LogP contribution in [0.5, 0.6) is 0 Å². The fourth-order valence-corrected chi connectivity index (χ4v) is 2.33. The van der Waals surface area contributed by atoms with Crippen LogP contribution in [0.1, 0.15) is 6.92 Å². The third-order valence-electron chi connectivity index (χ3n) is 3.61. The van der Waals surface area contributed by atoms with E-state index in [1.807, 2.05) is 27.1 Å². The van der Waals surface area contributed by atoms with Gasteiger partial charge in [-0.1, -0.05) is 0 Å². The average Bonchev–Trinajstić information content (AvgIpc) is 2.55. The number of hydrogen-bond donors (Lipinski definition) is 1. The second kappa shape index (κ2) is 8.52. The Bertz CT molecular complexity index is 502. The molecular formula is C15H26N6O2. The summed E-state index contributed by atoms with van der Waals surface area (Å²) in [4.78, 5) is 26.5. The summed E-state index contributed by atoms with van der Waals surface area (Å²) < 4.78 is 5.03. The zero-order valence-corrected chi connectivity index (χ0v) is 14.2. The first-order chi connectivity index (χ1) is 11.1. The predicted octanol–water partition coefficient (Wildman–Crippen LogP) is 0.729. The largest absolute Gasteiger partial charge is 0.450 e. The monoisotopic (exact) mass is 322 g/mol. The molecule has 2 rings (SSSR count). The second-order valence-corrected chi connectivity index (χ2v) is 5.64. The predicted molar refractivity (Wildman–Crippen MR) is 89.9 cm³/mol. The molecule has 128 valence electrons. The lowest BCUT2D eigenvalue weighted by Crippen LogP contribution is -2.49. The van der Waals surface area contributed by atoms with Crippen molar-refractivity contribution in [2.45, 2.75) is 6.92 Å². The van der Waals surface area contributed by atoms with E-state index < -0.39 is 0 Å². The van der Waals surface area contributed by atoms with Gasteiger partial charge >= 0.3 is 6.09 Å². The Morgan fingerprint density at radius 2 is 2.09 bits per heavy atom. The van der Waals surface area contributed by atoms with Crippen molar-refractivity contribution in [3.8, 4) is 0 Å². The lowest BCUT2D eigenvalue weighted by Gasteiger charge is -2.34. The number of nitrogens with zero attached hydrogens (tertiary/aromatic N) is 5. The minimum Gasteiger partial charge on any atom is -0.450 e. The van der Waals surface area contributed by atoms with Gasteiger partial charge in [-0.05, 0) is 27.1 Å². The Morgan fingerprint density at radius 1 is 1.35 bits per heavy atom. The van der Waals surface area contributed by atoms with E-state index >= 15 is 0 Å². The van der Waals surface area contributed by atoms with Crippen LogP contribution >= 0.6 is 0 Å². The second-order valence-electron chi connectivity index (χ2n) is 5.64. The molecule has 1 aromatic rings. The highest BCUT2D eigenvalue weighted by Gasteiger charge is 2.22. The Morgan fingerprint density at radius 3 is 2.74 bits per heavy atom. The van der Waals surface area contributed by atoms with E-state index in [1.54, 1.807) is 11.1 Å². The molecule has 0 saturated carbocycles. The Kier molecular flexibility index (Phi) is 6.40. The molecule has 0 bridgehead atoms. The summed E-state index contributed by atoms with van der Waals surface area (Å²) in [6.07, 6.45) is 1.53. The lowest BCUT2D eigenvalue weighted by molar-refractivity contribution is 0.105. The topological polar surface area (TPSA) is 73.8 Å². The molecule has 8 heteroatoms. The summed E-state index contributed by atoms with van der Waals surface area (Å²) in [5, 5.41) is 3.22. The molecule has 0 unspecified atom stereocenters. The van der Waals surface area contributed by atoms with E-state index in [0.717, 1.165) is 32.0 Å². The number of rotatable bonds is 6. The number of amides is 1. The van der Waals surface area contributed by atoms with E-state index in [9.17, 15) is 4.79 Å². The quantitative estimate of drug-likeness (QED) is 0.827. The van der Waals surface area contributed by atoms with Crippen molar-refractivity contribution in [2.24, 2.45) is 0 Å². The fraction of sp³-hybridized carbons (Fsp3) is 0.667. The van der Waals surface area contributed by atoms with Crippen molar-refractivity contribution in [3.05, 3.63) is 12.3 Å². The average molecular weight is 322 g/mol. The third kappa shape index (κ3) is 5.24. The number of hydrogen-bond acceptors (Lipinski definition) is 7. The smallest absolute Gasteiger partial charge is 0.409 e. The highest BCUT2D eigenvalue weighted by atomic mass is 16.6.